The molecule has 17 heavy (non-hydrogen) atoms. The van der Waals surface area contributed by atoms with Crippen molar-refractivity contribution in [2.45, 2.75) is 31.0 Å². The van der Waals surface area contributed by atoms with Gasteiger partial charge in [0.05, 0.1) is 12.3 Å². The van der Waals surface area contributed by atoms with E-state index in [1.807, 2.05) is 0 Å². The monoisotopic (exact) mass is 249 g/mol. The quantitative estimate of drug-likeness (QED) is 0.843. The van der Waals surface area contributed by atoms with Crippen molar-refractivity contribution >= 4 is 11.8 Å². The molecule has 1 aromatic heterocycles. The highest BCUT2D eigenvalue weighted by atomic mass is 32.2. The summed E-state index contributed by atoms with van der Waals surface area (Å²) < 4.78 is 4.95. The summed E-state index contributed by atoms with van der Waals surface area (Å²) >= 11 is 1.69. The molecule has 0 radical (unpaired) electrons. The number of rotatable bonds is 4. The van der Waals surface area contributed by atoms with Gasteiger partial charge in [-0.3, -0.25) is 0 Å². The Morgan fingerprint density at radius 1 is 1.29 bits per heavy atom. The fourth-order valence-electron chi connectivity index (χ4n) is 1.38. The van der Waals surface area contributed by atoms with Gasteiger partial charge in [-0.15, -0.1) is 11.8 Å². The zero-order chi connectivity index (χ0) is 12.3. The molecule has 0 spiro atoms. The lowest BCUT2D eigenvalue weighted by molar-refractivity contribution is 0.376. The standard InChI is InChI=1S/C12H15N3OS/c1-8-3-4-10(5-9(8)2)17-7-11-14-12(6-13)16-15-11/h3-5H,6-7,13H2,1-2H3. The molecule has 2 rings (SSSR count). The number of nitrogens with two attached hydrogens (primary N) is 1. The molecule has 0 saturated carbocycles. The van der Waals surface area contributed by atoms with E-state index >= 15 is 0 Å². The number of aromatic nitrogens is 2. The Morgan fingerprint density at radius 3 is 2.76 bits per heavy atom. The Morgan fingerprint density at radius 2 is 2.12 bits per heavy atom. The van der Waals surface area contributed by atoms with E-state index in [9.17, 15) is 0 Å². The van der Waals surface area contributed by atoms with Crippen LogP contribution in [0.15, 0.2) is 27.6 Å². The first-order valence-corrected chi connectivity index (χ1v) is 6.39. The van der Waals surface area contributed by atoms with Gasteiger partial charge in [-0.25, -0.2) is 0 Å². The Kier molecular flexibility index (Phi) is 3.81. The summed E-state index contributed by atoms with van der Waals surface area (Å²) in [6.07, 6.45) is 0. The second-order valence-electron chi connectivity index (χ2n) is 3.84. The number of thioether (sulfide) groups is 1. The molecule has 2 aromatic rings. The molecule has 0 aliphatic rings. The largest absolute Gasteiger partial charge is 0.338 e. The fourth-order valence-corrected chi connectivity index (χ4v) is 2.22. The summed E-state index contributed by atoms with van der Waals surface area (Å²) in [6, 6.07) is 6.40. The van der Waals surface area contributed by atoms with Crippen molar-refractivity contribution in [3.05, 3.63) is 41.0 Å². The van der Waals surface area contributed by atoms with Gasteiger partial charge in [-0.2, -0.15) is 4.98 Å². The van der Waals surface area contributed by atoms with Gasteiger partial charge in [-0.05, 0) is 37.1 Å². The smallest absolute Gasteiger partial charge is 0.240 e. The Balaban J connectivity index is 1.99. The molecular weight excluding hydrogens is 234 g/mol. The predicted molar refractivity (Wildman–Crippen MR) is 67.7 cm³/mol. The van der Waals surface area contributed by atoms with Gasteiger partial charge in [0.2, 0.25) is 5.89 Å². The third-order valence-electron chi connectivity index (χ3n) is 2.53. The summed E-state index contributed by atoms with van der Waals surface area (Å²) in [5, 5.41) is 3.86. The van der Waals surface area contributed by atoms with E-state index in [1.165, 1.54) is 16.0 Å². The number of aryl methyl sites for hydroxylation is 2. The van der Waals surface area contributed by atoms with E-state index in [0.29, 0.717) is 24.0 Å². The first-order chi connectivity index (χ1) is 8.19. The highest BCUT2D eigenvalue weighted by Gasteiger charge is 2.05. The van der Waals surface area contributed by atoms with E-state index in [0.717, 1.165) is 0 Å². The topological polar surface area (TPSA) is 64.9 Å². The van der Waals surface area contributed by atoms with E-state index in [4.69, 9.17) is 10.3 Å². The van der Waals surface area contributed by atoms with Gasteiger partial charge >= 0.3 is 0 Å². The zero-order valence-corrected chi connectivity index (χ0v) is 10.8. The maximum absolute atomic E-state index is 5.40. The normalized spacial score (nSPS) is 10.8. The van der Waals surface area contributed by atoms with Gasteiger partial charge in [0.1, 0.15) is 0 Å². The van der Waals surface area contributed by atoms with Crippen LogP contribution >= 0.6 is 11.8 Å². The van der Waals surface area contributed by atoms with E-state index in [1.54, 1.807) is 11.8 Å². The highest BCUT2D eigenvalue weighted by molar-refractivity contribution is 7.98. The zero-order valence-electron chi connectivity index (χ0n) is 9.93. The minimum Gasteiger partial charge on any atom is -0.338 e. The number of hydrogen-bond acceptors (Lipinski definition) is 5. The molecule has 90 valence electrons. The van der Waals surface area contributed by atoms with Crippen LogP contribution in [0.1, 0.15) is 22.8 Å². The van der Waals surface area contributed by atoms with Crippen LogP contribution in [0.4, 0.5) is 0 Å². The van der Waals surface area contributed by atoms with Crippen molar-refractivity contribution in [3.63, 3.8) is 0 Å². The van der Waals surface area contributed by atoms with Gasteiger partial charge in [0.15, 0.2) is 5.82 Å². The summed E-state index contributed by atoms with van der Waals surface area (Å²) in [5.74, 6) is 1.88. The Hall–Kier alpha value is -1.33. The van der Waals surface area contributed by atoms with Crippen LogP contribution in [0.2, 0.25) is 0 Å². The van der Waals surface area contributed by atoms with Gasteiger partial charge < -0.3 is 10.3 Å². The molecule has 0 unspecified atom stereocenters. The maximum atomic E-state index is 5.40. The molecule has 2 N–H and O–H groups in total. The molecule has 5 heteroatoms. The van der Waals surface area contributed by atoms with Crippen molar-refractivity contribution in [2.75, 3.05) is 0 Å². The lowest BCUT2D eigenvalue weighted by Crippen LogP contribution is -1.96. The maximum Gasteiger partial charge on any atom is 0.240 e. The van der Waals surface area contributed by atoms with Gasteiger partial charge in [0.25, 0.3) is 0 Å². The predicted octanol–water partition coefficient (Wildman–Crippen LogP) is 2.44. The molecule has 4 nitrogen and oxygen atoms in total. The molecule has 1 aromatic carbocycles. The van der Waals surface area contributed by atoms with Crippen molar-refractivity contribution in [1.82, 2.24) is 10.1 Å². The average molecular weight is 249 g/mol. The second kappa shape index (κ2) is 5.33. The molecule has 0 atom stereocenters. The van der Waals surface area contributed by atoms with Gasteiger partial charge in [0, 0.05) is 4.90 Å². The van der Waals surface area contributed by atoms with Crippen molar-refractivity contribution in [1.29, 1.82) is 0 Å². The average Bonchev–Trinajstić information content (AvgIpc) is 2.79. The number of benzene rings is 1. The lowest BCUT2D eigenvalue weighted by atomic mass is 10.1. The molecule has 1 heterocycles. The third-order valence-corrected chi connectivity index (χ3v) is 3.52. The summed E-state index contributed by atoms with van der Waals surface area (Å²) in [4.78, 5) is 5.38. The molecule has 0 saturated heterocycles. The molecule has 0 fully saturated rings. The van der Waals surface area contributed by atoms with Crippen molar-refractivity contribution in [2.24, 2.45) is 5.73 Å². The Labute approximate surface area is 105 Å². The van der Waals surface area contributed by atoms with Gasteiger partial charge in [-0.1, -0.05) is 11.2 Å². The third kappa shape index (κ3) is 3.08. The van der Waals surface area contributed by atoms with E-state index in [2.05, 4.69) is 42.2 Å². The number of nitrogens with zero attached hydrogens (tertiary/aromatic N) is 2. The first kappa shape index (κ1) is 12.1. The minimum absolute atomic E-state index is 0.293. The lowest BCUT2D eigenvalue weighted by Gasteiger charge is -2.03. The second-order valence-corrected chi connectivity index (χ2v) is 4.89. The molecule has 0 aliphatic carbocycles. The summed E-state index contributed by atoms with van der Waals surface area (Å²) in [6.45, 7) is 4.51. The number of hydrogen-bond donors (Lipinski definition) is 1. The highest BCUT2D eigenvalue weighted by Crippen LogP contribution is 2.23. The van der Waals surface area contributed by atoms with Crippen LogP contribution in [-0.2, 0) is 12.3 Å². The minimum atomic E-state index is 0.293. The Bertz CT molecular complexity index is 510. The molecule has 0 aliphatic heterocycles. The summed E-state index contributed by atoms with van der Waals surface area (Å²) in [5.41, 5.74) is 8.01. The van der Waals surface area contributed by atoms with Crippen molar-refractivity contribution in [3.8, 4) is 0 Å². The van der Waals surface area contributed by atoms with Crippen LogP contribution in [0.3, 0.4) is 0 Å². The van der Waals surface area contributed by atoms with Crippen LogP contribution in [-0.4, -0.2) is 10.1 Å². The molecule has 0 amide bonds. The fraction of sp³-hybridized carbons (Fsp3) is 0.333. The summed E-state index contributed by atoms with van der Waals surface area (Å²) in [7, 11) is 0. The molecule has 0 bridgehead atoms. The van der Waals surface area contributed by atoms with E-state index < -0.39 is 0 Å². The molecular formula is C12H15N3OS. The first-order valence-electron chi connectivity index (χ1n) is 5.40. The van der Waals surface area contributed by atoms with Crippen LogP contribution in [0, 0.1) is 13.8 Å². The van der Waals surface area contributed by atoms with E-state index in [-0.39, 0.29) is 0 Å². The van der Waals surface area contributed by atoms with Crippen LogP contribution < -0.4 is 5.73 Å². The van der Waals surface area contributed by atoms with Crippen molar-refractivity contribution < 1.29 is 4.52 Å². The van der Waals surface area contributed by atoms with Crippen LogP contribution in [0.5, 0.6) is 0 Å². The SMILES string of the molecule is Cc1ccc(SCc2noc(CN)n2)cc1C. The van der Waals surface area contributed by atoms with Crippen LogP contribution in [0.25, 0.3) is 0 Å².